The highest BCUT2D eigenvalue weighted by atomic mass is 16.5. The fourth-order valence-electron chi connectivity index (χ4n) is 3.05. The van der Waals surface area contributed by atoms with Crippen molar-refractivity contribution in [3.05, 3.63) is 60.2 Å². The van der Waals surface area contributed by atoms with Crippen molar-refractivity contribution >= 4 is 11.6 Å². The standard InChI is InChI=1S/C19H22N2O3/c1-24-18(15-6-3-2-4-7-15)19(23)21-12-10-20(11-13-21)16-8-5-9-17(22)14-16/h2-9,14,18,22H,10-13H2,1H3/t18-/m0/s1. The van der Waals surface area contributed by atoms with Crippen molar-refractivity contribution in [1.82, 2.24) is 4.90 Å². The molecule has 0 aromatic heterocycles. The number of rotatable bonds is 4. The zero-order valence-electron chi connectivity index (χ0n) is 13.8. The first-order valence-electron chi connectivity index (χ1n) is 8.09. The third-order valence-electron chi connectivity index (χ3n) is 4.35. The molecule has 5 heteroatoms. The largest absolute Gasteiger partial charge is 0.508 e. The van der Waals surface area contributed by atoms with E-state index >= 15 is 0 Å². The summed E-state index contributed by atoms with van der Waals surface area (Å²) < 4.78 is 5.44. The van der Waals surface area contributed by atoms with Crippen LogP contribution < -0.4 is 4.90 Å². The third kappa shape index (κ3) is 3.51. The van der Waals surface area contributed by atoms with Crippen LogP contribution in [0.15, 0.2) is 54.6 Å². The van der Waals surface area contributed by atoms with E-state index in [1.54, 1.807) is 19.2 Å². The zero-order chi connectivity index (χ0) is 16.9. The smallest absolute Gasteiger partial charge is 0.256 e. The summed E-state index contributed by atoms with van der Waals surface area (Å²) in [4.78, 5) is 16.8. The van der Waals surface area contributed by atoms with Crippen LogP contribution in [0.4, 0.5) is 5.69 Å². The molecule has 0 unspecified atom stereocenters. The Morgan fingerprint density at radius 2 is 1.75 bits per heavy atom. The number of benzene rings is 2. The van der Waals surface area contributed by atoms with Gasteiger partial charge in [-0.15, -0.1) is 0 Å². The second-order valence-corrected chi connectivity index (χ2v) is 5.86. The number of hydrogen-bond acceptors (Lipinski definition) is 4. The van der Waals surface area contributed by atoms with Gasteiger partial charge in [-0.05, 0) is 17.7 Å². The quantitative estimate of drug-likeness (QED) is 0.937. The van der Waals surface area contributed by atoms with Crippen molar-refractivity contribution in [1.29, 1.82) is 0 Å². The maximum absolute atomic E-state index is 12.8. The summed E-state index contributed by atoms with van der Waals surface area (Å²) in [6, 6.07) is 16.8. The summed E-state index contributed by atoms with van der Waals surface area (Å²) >= 11 is 0. The molecule has 2 aromatic rings. The Balaban J connectivity index is 1.64. The van der Waals surface area contributed by atoms with Gasteiger partial charge in [-0.25, -0.2) is 0 Å². The van der Waals surface area contributed by atoms with Gasteiger partial charge in [0.05, 0.1) is 0 Å². The summed E-state index contributed by atoms with van der Waals surface area (Å²) in [6.45, 7) is 2.75. The van der Waals surface area contributed by atoms with Crippen LogP contribution in [-0.4, -0.2) is 49.2 Å². The second-order valence-electron chi connectivity index (χ2n) is 5.86. The van der Waals surface area contributed by atoms with Crippen LogP contribution in [0.5, 0.6) is 5.75 Å². The number of piperazine rings is 1. The van der Waals surface area contributed by atoms with Crippen LogP contribution in [0.2, 0.25) is 0 Å². The molecule has 0 aliphatic carbocycles. The third-order valence-corrected chi connectivity index (χ3v) is 4.35. The van der Waals surface area contributed by atoms with E-state index in [0.717, 1.165) is 24.3 Å². The van der Waals surface area contributed by atoms with E-state index in [1.165, 1.54) is 0 Å². The average Bonchev–Trinajstić information content (AvgIpc) is 2.63. The van der Waals surface area contributed by atoms with E-state index in [-0.39, 0.29) is 11.7 Å². The van der Waals surface area contributed by atoms with Gasteiger partial charge in [-0.2, -0.15) is 0 Å². The predicted octanol–water partition coefficient (Wildman–Crippen LogP) is 2.43. The minimum atomic E-state index is -0.557. The first-order chi connectivity index (χ1) is 11.7. The molecular formula is C19H22N2O3. The molecule has 1 heterocycles. The van der Waals surface area contributed by atoms with Crippen molar-refractivity contribution in [2.45, 2.75) is 6.10 Å². The number of anilines is 1. The first kappa shape index (κ1) is 16.3. The molecule has 3 rings (SSSR count). The summed E-state index contributed by atoms with van der Waals surface area (Å²) in [7, 11) is 1.57. The van der Waals surface area contributed by atoms with Crippen molar-refractivity contribution in [2.75, 3.05) is 38.2 Å². The zero-order valence-corrected chi connectivity index (χ0v) is 13.8. The Morgan fingerprint density at radius 1 is 1.04 bits per heavy atom. The Hall–Kier alpha value is -2.53. The molecule has 0 spiro atoms. The van der Waals surface area contributed by atoms with Crippen LogP contribution in [0.1, 0.15) is 11.7 Å². The van der Waals surface area contributed by atoms with Gasteiger partial charge >= 0.3 is 0 Å². The molecule has 0 radical (unpaired) electrons. The molecule has 1 amide bonds. The minimum Gasteiger partial charge on any atom is -0.508 e. The second kappa shape index (κ2) is 7.36. The maximum Gasteiger partial charge on any atom is 0.256 e. The van der Waals surface area contributed by atoms with Gasteiger partial charge < -0.3 is 19.6 Å². The number of hydrogen-bond donors (Lipinski definition) is 1. The highest BCUT2D eigenvalue weighted by Gasteiger charge is 2.28. The monoisotopic (exact) mass is 326 g/mol. The number of phenols is 1. The van der Waals surface area contributed by atoms with Crippen LogP contribution >= 0.6 is 0 Å². The minimum absolute atomic E-state index is 0.000686. The number of nitrogens with zero attached hydrogens (tertiary/aromatic N) is 2. The van der Waals surface area contributed by atoms with E-state index < -0.39 is 6.10 Å². The van der Waals surface area contributed by atoms with Gasteiger partial charge in [0.15, 0.2) is 6.10 Å². The number of methoxy groups -OCH3 is 1. The molecule has 1 aliphatic rings. The molecule has 5 nitrogen and oxygen atoms in total. The molecule has 1 fully saturated rings. The average molecular weight is 326 g/mol. The highest BCUT2D eigenvalue weighted by Crippen LogP contribution is 2.23. The highest BCUT2D eigenvalue weighted by molar-refractivity contribution is 5.82. The fraction of sp³-hybridized carbons (Fsp3) is 0.316. The van der Waals surface area contributed by atoms with Gasteiger partial charge in [0.1, 0.15) is 5.75 Å². The Bertz CT molecular complexity index is 682. The maximum atomic E-state index is 12.8. The summed E-state index contributed by atoms with van der Waals surface area (Å²) in [5.74, 6) is 0.258. The molecule has 126 valence electrons. The van der Waals surface area contributed by atoms with E-state index in [1.807, 2.05) is 47.4 Å². The summed E-state index contributed by atoms with van der Waals surface area (Å²) in [6.07, 6.45) is -0.557. The lowest BCUT2D eigenvalue weighted by molar-refractivity contribution is -0.142. The van der Waals surface area contributed by atoms with Crippen molar-refractivity contribution in [3.63, 3.8) is 0 Å². The van der Waals surface area contributed by atoms with Gasteiger partial charge in [0.25, 0.3) is 5.91 Å². The molecule has 1 atom stereocenters. The predicted molar refractivity (Wildman–Crippen MR) is 93.1 cm³/mol. The van der Waals surface area contributed by atoms with Gasteiger partial charge in [-0.3, -0.25) is 4.79 Å². The Morgan fingerprint density at radius 3 is 2.38 bits per heavy atom. The van der Waals surface area contributed by atoms with Crippen LogP contribution in [0.25, 0.3) is 0 Å². The van der Waals surface area contributed by atoms with Crippen molar-refractivity contribution in [3.8, 4) is 5.75 Å². The lowest BCUT2D eigenvalue weighted by Crippen LogP contribution is -2.50. The van der Waals surface area contributed by atoms with Crippen LogP contribution in [-0.2, 0) is 9.53 Å². The van der Waals surface area contributed by atoms with E-state index in [2.05, 4.69) is 4.90 Å². The summed E-state index contributed by atoms with van der Waals surface area (Å²) in [5.41, 5.74) is 1.86. The molecule has 0 saturated carbocycles. The summed E-state index contributed by atoms with van der Waals surface area (Å²) in [5, 5.41) is 9.61. The van der Waals surface area contributed by atoms with Gasteiger partial charge in [0.2, 0.25) is 0 Å². The SMILES string of the molecule is CO[C@H](C(=O)N1CCN(c2cccc(O)c2)CC1)c1ccccc1. The molecule has 1 aliphatic heterocycles. The number of phenolic OH excluding ortho intramolecular Hbond substituents is 1. The number of carbonyl (C=O) groups excluding carboxylic acids is 1. The van der Waals surface area contributed by atoms with Gasteiger partial charge in [0, 0.05) is 45.0 Å². The molecule has 0 bridgehead atoms. The van der Waals surface area contributed by atoms with E-state index in [9.17, 15) is 9.90 Å². The molecule has 1 saturated heterocycles. The Kier molecular flexibility index (Phi) is 5.01. The molecular weight excluding hydrogens is 304 g/mol. The lowest BCUT2D eigenvalue weighted by Gasteiger charge is -2.37. The van der Waals surface area contributed by atoms with Crippen LogP contribution in [0, 0.1) is 0 Å². The number of ether oxygens (including phenoxy) is 1. The number of carbonyl (C=O) groups is 1. The molecule has 2 aromatic carbocycles. The fourth-order valence-corrected chi connectivity index (χ4v) is 3.05. The molecule has 1 N–H and O–H groups in total. The number of aromatic hydroxyl groups is 1. The first-order valence-corrected chi connectivity index (χ1v) is 8.09. The Labute approximate surface area is 142 Å². The lowest BCUT2D eigenvalue weighted by atomic mass is 10.1. The topological polar surface area (TPSA) is 53.0 Å². The van der Waals surface area contributed by atoms with Gasteiger partial charge in [-0.1, -0.05) is 36.4 Å². The molecule has 24 heavy (non-hydrogen) atoms. The number of amides is 1. The normalized spacial score (nSPS) is 16.0. The van der Waals surface area contributed by atoms with Crippen molar-refractivity contribution in [2.24, 2.45) is 0 Å². The van der Waals surface area contributed by atoms with E-state index in [0.29, 0.717) is 13.1 Å². The van der Waals surface area contributed by atoms with E-state index in [4.69, 9.17) is 4.74 Å². The van der Waals surface area contributed by atoms with Crippen molar-refractivity contribution < 1.29 is 14.6 Å². The van der Waals surface area contributed by atoms with Crippen LogP contribution in [0.3, 0.4) is 0 Å².